The van der Waals surface area contributed by atoms with E-state index in [1.807, 2.05) is 0 Å². The summed E-state index contributed by atoms with van der Waals surface area (Å²) >= 11 is 0. The lowest BCUT2D eigenvalue weighted by Gasteiger charge is -2.04. The van der Waals surface area contributed by atoms with Crippen LogP contribution in [0.3, 0.4) is 0 Å². The van der Waals surface area contributed by atoms with E-state index in [1.54, 1.807) is 0 Å². The number of hydrogen-bond donors (Lipinski definition) is 0. The van der Waals surface area contributed by atoms with Gasteiger partial charge in [0.05, 0.1) is 5.75 Å². The van der Waals surface area contributed by atoms with Gasteiger partial charge in [-0.1, -0.05) is 120 Å². The summed E-state index contributed by atoms with van der Waals surface area (Å²) in [5, 5.41) is 0. The topological polar surface area (TPSA) is 34.1 Å². The standard InChI is InChI=1S/C24H41ClO2S/c25-28(26,27)23-19-14-12-10-8-6-4-2-1-3-5-7-9-11-13-16-20-24-21-17-15-18-22-24/h15,17-18,21-22H,1-14,16,19-20,23H2. The first-order valence-corrected chi connectivity index (χ1v) is 14.0. The Hall–Kier alpha value is -0.540. The van der Waals surface area contributed by atoms with Crippen molar-refractivity contribution in [2.24, 2.45) is 0 Å². The van der Waals surface area contributed by atoms with E-state index in [0.29, 0.717) is 6.42 Å². The van der Waals surface area contributed by atoms with E-state index < -0.39 is 9.05 Å². The van der Waals surface area contributed by atoms with Crippen LogP contribution in [0.4, 0.5) is 0 Å². The molecule has 0 bridgehead atoms. The van der Waals surface area contributed by atoms with Crippen LogP contribution in [0.15, 0.2) is 30.3 Å². The fourth-order valence-corrected chi connectivity index (χ4v) is 4.60. The van der Waals surface area contributed by atoms with Crippen molar-refractivity contribution < 1.29 is 8.42 Å². The van der Waals surface area contributed by atoms with Gasteiger partial charge in [-0.15, -0.1) is 0 Å². The monoisotopic (exact) mass is 428 g/mol. The number of benzene rings is 1. The van der Waals surface area contributed by atoms with Gasteiger partial charge in [0.15, 0.2) is 0 Å². The second kappa shape index (κ2) is 17.3. The summed E-state index contributed by atoms with van der Waals surface area (Å²) in [5.74, 6) is 0.127. The third kappa shape index (κ3) is 17.6. The molecule has 0 radical (unpaired) electrons. The molecule has 1 aromatic rings. The molecule has 0 amide bonds. The van der Waals surface area contributed by atoms with Crippen molar-refractivity contribution in [3.8, 4) is 0 Å². The summed E-state index contributed by atoms with van der Waals surface area (Å²) in [4.78, 5) is 0. The first kappa shape index (κ1) is 25.5. The molecule has 0 atom stereocenters. The fraction of sp³-hybridized carbons (Fsp3) is 0.750. The van der Waals surface area contributed by atoms with Gasteiger partial charge in [0, 0.05) is 10.7 Å². The van der Waals surface area contributed by atoms with Crippen molar-refractivity contribution >= 4 is 19.7 Å². The average Bonchev–Trinajstić information content (AvgIpc) is 2.67. The number of aryl methyl sites for hydroxylation is 1. The lowest BCUT2D eigenvalue weighted by Crippen LogP contribution is -1.96. The highest BCUT2D eigenvalue weighted by atomic mass is 35.7. The zero-order valence-electron chi connectivity index (χ0n) is 17.7. The molecule has 2 nitrogen and oxygen atoms in total. The molecule has 28 heavy (non-hydrogen) atoms. The maximum Gasteiger partial charge on any atom is 0.232 e. The highest BCUT2D eigenvalue weighted by Gasteiger charge is 2.03. The van der Waals surface area contributed by atoms with E-state index in [0.717, 1.165) is 12.8 Å². The van der Waals surface area contributed by atoms with Crippen molar-refractivity contribution in [1.82, 2.24) is 0 Å². The Morgan fingerprint density at radius 2 is 0.893 bits per heavy atom. The summed E-state index contributed by atoms with van der Waals surface area (Å²) in [6, 6.07) is 10.8. The van der Waals surface area contributed by atoms with Crippen molar-refractivity contribution in [3.05, 3.63) is 35.9 Å². The van der Waals surface area contributed by atoms with Crippen LogP contribution >= 0.6 is 10.7 Å². The van der Waals surface area contributed by atoms with E-state index in [2.05, 4.69) is 30.3 Å². The van der Waals surface area contributed by atoms with Crippen LogP contribution in [-0.2, 0) is 15.5 Å². The normalized spacial score (nSPS) is 11.8. The van der Waals surface area contributed by atoms with Gasteiger partial charge < -0.3 is 0 Å². The Bertz CT molecular complexity index is 557. The van der Waals surface area contributed by atoms with Crippen molar-refractivity contribution in [2.75, 3.05) is 5.75 Å². The molecule has 0 fully saturated rings. The summed E-state index contributed by atoms with van der Waals surface area (Å²) in [6.45, 7) is 0. The van der Waals surface area contributed by atoms with Crippen LogP contribution in [0.5, 0.6) is 0 Å². The number of unbranched alkanes of at least 4 members (excludes halogenated alkanes) is 15. The number of rotatable bonds is 19. The van der Waals surface area contributed by atoms with Gasteiger partial charge in [0.1, 0.15) is 0 Å². The van der Waals surface area contributed by atoms with Crippen molar-refractivity contribution in [2.45, 2.75) is 109 Å². The van der Waals surface area contributed by atoms with Crippen LogP contribution in [-0.4, -0.2) is 14.2 Å². The van der Waals surface area contributed by atoms with Crippen LogP contribution in [0.25, 0.3) is 0 Å². The summed E-state index contributed by atoms with van der Waals surface area (Å²) in [5.41, 5.74) is 1.48. The van der Waals surface area contributed by atoms with Gasteiger partial charge in [0.2, 0.25) is 9.05 Å². The van der Waals surface area contributed by atoms with Crippen molar-refractivity contribution in [1.29, 1.82) is 0 Å². The molecule has 0 aliphatic heterocycles. The number of halogens is 1. The van der Waals surface area contributed by atoms with Gasteiger partial charge in [-0.25, -0.2) is 8.42 Å². The molecule has 0 saturated heterocycles. The average molecular weight is 429 g/mol. The van der Waals surface area contributed by atoms with Gasteiger partial charge in [-0.2, -0.15) is 0 Å². The third-order valence-electron chi connectivity index (χ3n) is 5.45. The zero-order valence-corrected chi connectivity index (χ0v) is 19.3. The minimum absolute atomic E-state index is 0.127. The van der Waals surface area contributed by atoms with E-state index in [1.165, 1.54) is 95.5 Å². The molecule has 0 heterocycles. The maximum atomic E-state index is 10.8. The summed E-state index contributed by atoms with van der Waals surface area (Å²) in [7, 11) is 1.91. The first-order chi connectivity index (χ1) is 13.6. The fourth-order valence-electron chi connectivity index (χ4n) is 3.72. The first-order valence-electron chi connectivity index (χ1n) is 11.5. The summed E-state index contributed by atoms with van der Waals surface area (Å²) in [6.07, 6.45) is 21.7. The van der Waals surface area contributed by atoms with E-state index in [4.69, 9.17) is 10.7 Å². The molecule has 0 aliphatic rings. The molecular formula is C24H41ClO2S. The Kier molecular flexibility index (Phi) is 15.8. The SMILES string of the molecule is O=S(=O)(Cl)CCCCCCCCCCCCCCCCCCc1ccccc1. The van der Waals surface area contributed by atoms with E-state index >= 15 is 0 Å². The van der Waals surface area contributed by atoms with Gasteiger partial charge in [-0.05, 0) is 24.8 Å². The molecule has 0 unspecified atom stereocenters. The third-order valence-corrected chi connectivity index (χ3v) is 6.69. The molecule has 0 N–H and O–H groups in total. The Morgan fingerprint density at radius 3 is 1.29 bits per heavy atom. The Labute approximate surface area is 178 Å². The molecule has 162 valence electrons. The van der Waals surface area contributed by atoms with Gasteiger partial charge >= 0.3 is 0 Å². The molecule has 0 spiro atoms. The second-order valence-electron chi connectivity index (χ2n) is 8.14. The van der Waals surface area contributed by atoms with Crippen LogP contribution in [0, 0.1) is 0 Å². The predicted molar refractivity (Wildman–Crippen MR) is 124 cm³/mol. The highest BCUT2D eigenvalue weighted by Crippen LogP contribution is 2.15. The maximum absolute atomic E-state index is 10.8. The minimum atomic E-state index is -3.28. The molecule has 0 saturated carbocycles. The minimum Gasteiger partial charge on any atom is -0.212 e. The lowest BCUT2D eigenvalue weighted by molar-refractivity contribution is 0.529. The van der Waals surface area contributed by atoms with Crippen LogP contribution < -0.4 is 0 Å². The van der Waals surface area contributed by atoms with E-state index in [-0.39, 0.29) is 5.75 Å². The quantitative estimate of drug-likeness (QED) is 0.165. The molecular weight excluding hydrogens is 388 g/mol. The highest BCUT2D eigenvalue weighted by molar-refractivity contribution is 8.13. The largest absolute Gasteiger partial charge is 0.232 e. The van der Waals surface area contributed by atoms with Gasteiger partial charge in [0.25, 0.3) is 0 Å². The Morgan fingerprint density at radius 1 is 0.536 bits per heavy atom. The Balaban J connectivity index is 1.71. The molecule has 4 heteroatoms. The van der Waals surface area contributed by atoms with Crippen molar-refractivity contribution in [3.63, 3.8) is 0 Å². The zero-order chi connectivity index (χ0) is 20.3. The van der Waals surface area contributed by atoms with Gasteiger partial charge in [-0.3, -0.25) is 0 Å². The smallest absolute Gasteiger partial charge is 0.212 e. The van der Waals surface area contributed by atoms with Crippen LogP contribution in [0.1, 0.15) is 108 Å². The molecule has 0 aliphatic carbocycles. The molecule has 1 aromatic carbocycles. The summed E-state index contributed by atoms with van der Waals surface area (Å²) < 4.78 is 21.6. The molecule has 0 aromatic heterocycles. The predicted octanol–water partition coefficient (Wildman–Crippen LogP) is 8.04. The second-order valence-corrected chi connectivity index (χ2v) is 11.0. The van der Waals surface area contributed by atoms with Crippen LogP contribution in [0.2, 0.25) is 0 Å². The molecule has 1 rings (SSSR count). The number of hydrogen-bond acceptors (Lipinski definition) is 2. The van der Waals surface area contributed by atoms with E-state index in [9.17, 15) is 8.42 Å². The lowest BCUT2D eigenvalue weighted by atomic mass is 10.0.